The van der Waals surface area contributed by atoms with Crippen LogP contribution in [0.2, 0.25) is 0 Å². The van der Waals surface area contributed by atoms with Crippen molar-refractivity contribution in [1.29, 1.82) is 5.26 Å². The molecular weight excluding hydrogens is 472 g/mol. The highest BCUT2D eigenvalue weighted by molar-refractivity contribution is 6.24. The standard InChI is InChI=1S/C29H28N2O6/c1-28-9-10-29(37-28,11-12-36-20-14-18(32)13-19(15-20)35-2)25-24(28)26(33)31(27(25)34)23-8-7-17(16-30)21-5-3-4-6-22(21)23/h4,6-8,13-15,24-25,32H,3,5,9-12H2,1-2H3/t24-,25+,28-,29-/m1/s1. The topological polar surface area (TPSA) is 109 Å². The van der Waals surface area contributed by atoms with E-state index >= 15 is 0 Å². The highest BCUT2D eigenvalue weighted by Gasteiger charge is 2.74. The number of amides is 2. The molecule has 8 nitrogen and oxygen atoms in total. The summed E-state index contributed by atoms with van der Waals surface area (Å²) >= 11 is 0. The van der Waals surface area contributed by atoms with Crippen LogP contribution in [0.15, 0.2) is 36.4 Å². The van der Waals surface area contributed by atoms with Crippen LogP contribution in [0.1, 0.15) is 49.3 Å². The normalized spacial score (nSPS) is 29.3. The van der Waals surface area contributed by atoms with E-state index in [4.69, 9.17) is 14.2 Å². The number of anilines is 1. The molecule has 2 aromatic carbocycles. The number of allylic oxidation sites excluding steroid dienone is 1. The number of ether oxygens (including phenoxy) is 3. The van der Waals surface area contributed by atoms with Crippen molar-refractivity contribution >= 4 is 23.6 Å². The Labute approximate surface area is 215 Å². The molecule has 0 saturated carbocycles. The van der Waals surface area contributed by atoms with E-state index in [0.717, 1.165) is 17.5 Å². The van der Waals surface area contributed by atoms with Gasteiger partial charge in [0.1, 0.15) is 17.2 Å². The zero-order chi connectivity index (χ0) is 25.9. The van der Waals surface area contributed by atoms with Crippen LogP contribution in [0.4, 0.5) is 5.69 Å². The molecule has 3 fully saturated rings. The summed E-state index contributed by atoms with van der Waals surface area (Å²) in [6, 6.07) is 10.4. The fraction of sp³-hybridized carbons (Fsp3) is 0.414. The molecule has 3 heterocycles. The average Bonchev–Trinajstić information content (AvgIpc) is 3.47. The minimum absolute atomic E-state index is 0.0325. The Morgan fingerprint density at radius 3 is 2.73 bits per heavy atom. The summed E-state index contributed by atoms with van der Waals surface area (Å²) in [6.45, 7) is 2.19. The van der Waals surface area contributed by atoms with Gasteiger partial charge in [-0.25, -0.2) is 4.90 Å². The van der Waals surface area contributed by atoms with Gasteiger partial charge in [0.15, 0.2) is 0 Å². The van der Waals surface area contributed by atoms with E-state index < -0.39 is 23.0 Å². The maximum atomic E-state index is 14.0. The number of carbonyl (C=O) groups excluding carboxylic acids is 2. The number of hydrogen-bond acceptors (Lipinski definition) is 7. The molecule has 2 aromatic rings. The molecule has 1 N–H and O–H groups in total. The molecule has 4 aliphatic rings. The van der Waals surface area contributed by atoms with Crippen molar-refractivity contribution in [3.05, 3.63) is 53.1 Å². The fourth-order valence-corrected chi connectivity index (χ4v) is 6.78. The minimum Gasteiger partial charge on any atom is -0.508 e. The number of nitrogens with zero attached hydrogens (tertiary/aromatic N) is 2. The van der Waals surface area contributed by atoms with Gasteiger partial charge >= 0.3 is 0 Å². The molecule has 2 amide bonds. The van der Waals surface area contributed by atoms with Gasteiger partial charge in [0.2, 0.25) is 11.8 Å². The van der Waals surface area contributed by atoms with Gasteiger partial charge in [-0.1, -0.05) is 12.2 Å². The molecule has 190 valence electrons. The first kappa shape index (κ1) is 23.6. The molecule has 1 aliphatic carbocycles. The summed E-state index contributed by atoms with van der Waals surface area (Å²) in [7, 11) is 1.51. The average molecular weight is 501 g/mol. The number of imide groups is 1. The molecule has 3 aliphatic heterocycles. The molecule has 0 aromatic heterocycles. The molecule has 0 radical (unpaired) electrons. The van der Waals surface area contributed by atoms with Crippen molar-refractivity contribution in [2.45, 2.75) is 50.2 Å². The lowest BCUT2D eigenvalue weighted by Crippen LogP contribution is -2.43. The summed E-state index contributed by atoms with van der Waals surface area (Å²) in [4.78, 5) is 29.2. The van der Waals surface area contributed by atoms with E-state index in [0.29, 0.717) is 48.4 Å². The third kappa shape index (κ3) is 3.45. The van der Waals surface area contributed by atoms with Crippen LogP contribution in [0, 0.1) is 23.2 Å². The summed E-state index contributed by atoms with van der Waals surface area (Å²) in [5, 5.41) is 19.5. The maximum Gasteiger partial charge on any atom is 0.240 e. The predicted octanol–water partition coefficient (Wildman–Crippen LogP) is 4.13. The van der Waals surface area contributed by atoms with Crippen molar-refractivity contribution in [3.63, 3.8) is 0 Å². The molecule has 0 unspecified atom stereocenters. The number of hydrogen-bond donors (Lipinski definition) is 1. The second kappa shape index (κ2) is 8.35. The minimum atomic E-state index is -0.801. The number of rotatable bonds is 6. The summed E-state index contributed by atoms with van der Waals surface area (Å²) < 4.78 is 17.6. The predicted molar refractivity (Wildman–Crippen MR) is 134 cm³/mol. The number of carbonyl (C=O) groups is 2. The van der Waals surface area contributed by atoms with Crippen LogP contribution in [-0.4, -0.2) is 41.8 Å². The second-order valence-corrected chi connectivity index (χ2v) is 10.5. The largest absolute Gasteiger partial charge is 0.508 e. The zero-order valence-corrected chi connectivity index (χ0v) is 20.8. The first-order valence-electron chi connectivity index (χ1n) is 12.6. The molecular formula is C29H28N2O6. The quantitative estimate of drug-likeness (QED) is 0.594. The Morgan fingerprint density at radius 2 is 1.95 bits per heavy atom. The number of phenols is 1. The number of methoxy groups -OCH3 is 1. The Kier molecular flexibility index (Phi) is 5.32. The van der Waals surface area contributed by atoms with Crippen LogP contribution in [0.3, 0.4) is 0 Å². The van der Waals surface area contributed by atoms with E-state index in [9.17, 15) is 20.0 Å². The third-order valence-electron chi connectivity index (χ3n) is 8.45. The van der Waals surface area contributed by atoms with Gasteiger partial charge in [-0.15, -0.1) is 0 Å². The SMILES string of the molecule is COc1cc(O)cc(OCC[C@@]23CC[C@@](C)(O2)[C@H]2C(=O)N(c4ccc(C#N)c5c4C=CCC5)C(=O)[C@H]23)c1. The van der Waals surface area contributed by atoms with Crippen LogP contribution < -0.4 is 14.4 Å². The molecule has 4 atom stereocenters. The summed E-state index contributed by atoms with van der Waals surface area (Å²) in [5.41, 5.74) is 1.27. The zero-order valence-electron chi connectivity index (χ0n) is 20.8. The van der Waals surface area contributed by atoms with E-state index in [1.165, 1.54) is 24.1 Å². The smallest absolute Gasteiger partial charge is 0.240 e. The van der Waals surface area contributed by atoms with Crippen LogP contribution in [0.5, 0.6) is 17.2 Å². The highest BCUT2D eigenvalue weighted by Crippen LogP contribution is 2.62. The number of benzene rings is 2. The fourth-order valence-electron chi connectivity index (χ4n) is 6.78. The maximum absolute atomic E-state index is 14.0. The van der Waals surface area contributed by atoms with Gasteiger partial charge in [-0.05, 0) is 50.3 Å². The van der Waals surface area contributed by atoms with Crippen molar-refractivity contribution in [2.24, 2.45) is 11.8 Å². The number of aromatic hydroxyl groups is 1. The van der Waals surface area contributed by atoms with Gasteiger partial charge < -0.3 is 19.3 Å². The van der Waals surface area contributed by atoms with Crippen molar-refractivity contribution in [3.8, 4) is 23.3 Å². The lowest BCUT2D eigenvalue weighted by atomic mass is 9.67. The van der Waals surface area contributed by atoms with Crippen LogP contribution in [0.25, 0.3) is 6.08 Å². The third-order valence-corrected chi connectivity index (χ3v) is 8.45. The number of nitriles is 1. The Morgan fingerprint density at radius 1 is 1.16 bits per heavy atom. The monoisotopic (exact) mass is 500 g/mol. The number of fused-ring (bicyclic) bond motifs is 6. The molecule has 3 saturated heterocycles. The van der Waals surface area contributed by atoms with Gasteiger partial charge in [0.05, 0.1) is 54.1 Å². The Bertz CT molecular complexity index is 1390. The second-order valence-electron chi connectivity index (χ2n) is 10.5. The Hall–Kier alpha value is -3.83. The molecule has 6 rings (SSSR count). The van der Waals surface area contributed by atoms with Gasteiger partial charge in [-0.3, -0.25) is 9.59 Å². The van der Waals surface area contributed by atoms with Crippen molar-refractivity contribution in [1.82, 2.24) is 0 Å². The van der Waals surface area contributed by atoms with Gasteiger partial charge in [0, 0.05) is 30.2 Å². The van der Waals surface area contributed by atoms with E-state index in [-0.39, 0.29) is 24.2 Å². The molecule has 2 bridgehead atoms. The molecule has 37 heavy (non-hydrogen) atoms. The van der Waals surface area contributed by atoms with Crippen LogP contribution in [-0.2, 0) is 20.7 Å². The van der Waals surface area contributed by atoms with E-state index in [2.05, 4.69) is 6.07 Å². The van der Waals surface area contributed by atoms with Gasteiger partial charge in [-0.2, -0.15) is 5.26 Å². The van der Waals surface area contributed by atoms with Gasteiger partial charge in [0.25, 0.3) is 0 Å². The molecule has 8 heteroatoms. The highest BCUT2D eigenvalue weighted by atomic mass is 16.5. The first-order chi connectivity index (χ1) is 17.8. The van der Waals surface area contributed by atoms with Crippen molar-refractivity contribution < 1.29 is 28.9 Å². The van der Waals surface area contributed by atoms with E-state index in [1.54, 1.807) is 18.2 Å². The van der Waals surface area contributed by atoms with Crippen molar-refractivity contribution in [2.75, 3.05) is 18.6 Å². The lowest BCUT2D eigenvalue weighted by Gasteiger charge is -2.31. The van der Waals surface area contributed by atoms with E-state index in [1.807, 2.05) is 19.1 Å². The molecule has 0 spiro atoms. The Balaban J connectivity index is 1.30. The first-order valence-corrected chi connectivity index (χ1v) is 12.6. The summed E-state index contributed by atoms with van der Waals surface area (Å²) in [5.74, 6) is -0.675. The lowest BCUT2D eigenvalue weighted by molar-refractivity contribution is -0.131. The van der Waals surface area contributed by atoms with Crippen LogP contribution >= 0.6 is 0 Å². The number of phenolic OH excluding ortho intramolecular Hbond substituents is 1. The summed E-state index contributed by atoms with van der Waals surface area (Å²) in [6.07, 6.45) is 7.24.